The van der Waals surface area contributed by atoms with E-state index in [0.29, 0.717) is 0 Å². The molecule has 0 bridgehead atoms. The minimum Gasteiger partial charge on any atom is -0.454 e. The first-order valence-electron chi connectivity index (χ1n) is 6.03. The van der Waals surface area contributed by atoms with Crippen LogP contribution in [-0.4, -0.2) is 24.3 Å². The van der Waals surface area contributed by atoms with Gasteiger partial charge in [-0.25, -0.2) is 4.98 Å². The molecule has 12 heteroatoms. The third kappa shape index (κ3) is 3.37. The number of nitro groups is 3. The SMILES string of the molecule is Cc1ncc([N+](=O)[O-])n1COc1cc([N+](=O)[O-])cc([N+](=O)[O-])c1. The molecule has 0 atom stereocenters. The number of hydrogen-bond acceptors (Lipinski definition) is 8. The monoisotopic (exact) mass is 323 g/mol. The normalized spacial score (nSPS) is 10.3. The van der Waals surface area contributed by atoms with Crippen molar-refractivity contribution < 1.29 is 19.5 Å². The molecule has 0 aliphatic carbocycles. The van der Waals surface area contributed by atoms with Crippen LogP contribution in [0.4, 0.5) is 17.2 Å². The smallest absolute Gasteiger partial charge is 0.345 e. The molecule has 0 unspecified atom stereocenters. The Morgan fingerprint density at radius 3 is 2.09 bits per heavy atom. The summed E-state index contributed by atoms with van der Waals surface area (Å²) in [5, 5.41) is 32.4. The van der Waals surface area contributed by atoms with E-state index in [0.717, 1.165) is 29.0 Å². The minimum atomic E-state index is -0.801. The summed E-state index contributed by atoms with van der Waals surface area (Å²) in [5.74, 6) is -0.202. The van der Waals surface area contributed by atoms with Gasteiger partial charge in [0.15, 0.2) is 5.82 Å². The lowest BCUT2D eigenvalue weighted by molar-refractivity contribution is -0.394. The number of hydrogen-bond donors (Lipinski definition) is 0. The molecule has 23 heavy (non-hydrogen) atoms. The molecule has 0 saturated carbocycles. The quantitative estimate of drug-likeness (QED) is 0.576. The number of nitrogens with zero attached hydrogens (tertiary/aromatic N) is 5. The lowest BCUT2D eigenvalue weighted by Crippen LogP contribution is -2.10. The molecule has 0 aliphatic heterocycles. The molecule has 2 rings (SSSR count). The average molecular weight is 323 g/mol. The molecule has 0 amide bonds. The standard InChI is InChI=1S/C11H9N5O7/c1-7-12-5-11(16(21)22)13(7)6-23-10-3-8(14(17)18)2-9(4-10)15(19)20/h2-5H,6H2,1H3. The van der Waals surface area contributed by atoms with Crippen LogP contribution in [0.5, 0.6) is 5.75 Å². The molecule has 1 aromatic carbocycles. The summed E-state index contributed by atoms with van der Waals surface area (Å²) in [7, 11) is 0. The third-order valence-corrected chi connectivity index (χ3v) is 2.88. The van der Waals surface area contributed by atoms with E-state index in [1.165, 1.54) is 6.92 Å². The van der Waals surface area contributed by atoms with E-state index < -0.39 is 26.1 Å². The number of nitro benzene ring substituents is 2. The Hall–Kier alpha value is -3.57. The molecule has 0 spiro atoms. The van der Waals surface area contributed by atoms with E-state index in [1.54, 1.807) is 0 Å². The molecular weight excluding hydrogens is 314 g/mol. The van der Waals surface area contributed by atoms with Crippen molar-refractivity contribution in [3.8, 4) is 5.75 Å². The maximum atomic E-state index is 10.8. The van der Waals surface area contributed by atoms with Crippen LogP contribution in [0, 0.1) is 37.3 Å². The second kappa shape index (κ2) is 6.05. The summed E-state index contributed by atoms with van der Waals surface area (Å²) in [6, 6.07) is 2.77. The van der Waals surface area contributed by atoms with Gasteiger partial charge in [0.1, 0.15) is 11.9 Å². The van der Waals surface area contributed by atoms with Gasteiger partial charge in [-0.15, -0.1) is 0 Å². The molecule has 1 heterocycles. The van der Waals surface area contributed by atoms with Crippen molar-refractivity contribution in [2.24, 2.45) is 0 Å². The van der Waals surface area contributed by atoms with E-state index in [-0.39, 0.29) is 24.1 Å². The van der Waals surface area contributed by atoms with Gasteiger partial charge in [-0.3, -0.25) is 20.2 Å². The zero-order chi connectivity index (χ0) is 17.1. The van der Waals surface area contributed by atoms with Crippen molar-refractivity contribution in [2.45, 2.75) is 13.7 Å². The lowest BCUT2D eigenvalue weighted by atomic mass is 10.2. The number of aryl methyl sites for hydroxylation is 1. The third-order valence-electron chi connectivity index (χ3n) is 2.88. The second-order valence-electron chi connectivity index (χ2n) is 4.32. The van der Waals surface area contributed by atoms with Gasteiger partial charge in [0.25, 0.3) is 11.4 Å². The van der Waals surface area contributed by atoms with Crippen molar-refractivity contribution >= 4 is 17.2 Å². The predicted octanol–water partition coefficient (Wildman–Crippen LogP) is 1.95. The van der Waals surface area contributed by atoms with E-state index in [9.17, 15) is 30.3 Å². The minimum absolute atomic E-state index is 0.159. The van der Waals surface area contributed by atoms with E-state index in [1.807, 2.05) is 0 Å². The molecule has 2 aromatic rings. The highest BCUT2D eigenvalue weighted by atomic mass is 16.6. The number of aromatic nitrogens is 2. The average Bonchev–Trinajstić information content (AvgIpc) is 2.85. The van der Waals surface area contributed by atoms with Crippen LogP contribution in [0.3, 0.4) is 0 Å². The zero-order valence-electron chi connectivity index (χ0n) is 11.6. The van der Waals surface area contributed by atoms with Gasteiger partial charge in [0.05, 0.1) is 28.0 Å². The Bertz CT molecular complexity index is 768. The summed E-state index contributed by atoms with van der Waals surface area (Å²) in [6.45, 7) is 1.13. The number of ether oxygens (including phenoxy) is 1. The number of benzene rings is 1. The lowest BCUT2D eigenvalue weighted by Gasteiger charge is -2.06. The van der Waals surface area contributed by atoms with E-state index in [4.69, 9.17) is 4.74 Å². The maximum absolute atomic E-state index is 10.8. The van der Waals surface area contributed by atoms with Crippen molar-refractivity contribution in [1.82, 2.24) is 9.55 Å². The Morgan fingerprint density at radius 1 is 1.04 bits per heavy atom. The number of non-ortho nitro benzene ring substituents is 2. The molecule has 120 valence electrons. The highest BCUT2D eigenvalue weighted by Gasteiger charge is 2.20. The van der Waals surface area contributed by atoms with Crippen LogP contribution in [0.15, 0.2) is 24.4 Å². The molecular formula is C11H9N5O7. The molecule has 0 radical (unpaired) electrons. The Kier molecular flexibility index (Phi) is 4.16. The predicted molar refractivity (Wildman–Crippen MR) is 74.0 cm³/mol. The molecule has 0 saturated heterocycles. The van der Waals surface area contributed by atoms with E-state index in [2.05, 4.69) is 4.98 Å². The second-order valence-corrected chi connectivity index (χ2v) is 4.32. The van der Waals surface area contributed by atoms with Gasteiger partial charge in [-0.05, 0) is 4.92 Å². The molecule has 1 aromatic heterocycles. The molecule has 12 nitrogen and oxygen atoms in total. The highest BCUT2D eigenvalue weighted by Crippen LogP contribution is 2.28. The van der Waals surface area contributed by atoms with Crippen LogP contribution in [0.25, 0.3) is 0 Å². The van der Waals surface area contributed by atoms with Crippen molar-refractivity contribution in [1.29, 1.82) is 0 Å². The van der Waals surface area contributed by atoms with Crippen LogP contribution in [0.1, 0.15) is 5.82 Å². The van der Waals surface area contributed by atoms with Gasteiger partial charge in [0.2, 0.25) is 6.73 Å². The summed E-state index contributed by atoms with van der Waals surface area (Å²) in [4.78, 5) is 33.9. The highest BCUT2D eigenvalue weighted by molar-refractivity contribution is 5.49. The maximum Gasteiger partial charge on any atom is 0.345 e. The van der Waals surface area contributed by atoms with E-state index >= 15 is 0 Å². The Morgan fingerprint density at radius 2 is 1.61 bits per heavy atom. The van der Waals surface area contributed by atoms with Gasteiger partial charge in [-0.2, -0.15) is 4.57 Å². The summed E-state index contributed by atoms with van der Waals surface area (Å²) < 4.78 is 6.33. The number of imidazole rings is 1. The first-order chi connectivity index (χ1) is 10.8. The summed E-state index contributed by atoms with van der Waals surface area (Å²) in [6.07, 6.45) is 1.04. The van der Waals surface area contributed by atoms with Crippen LogP contribution < -0.4 is 4.74 Å². The van der Waals surface area contributed by atoms with Crippen LogP contribution >= 0.6 is 0 Å². The van der Waals surface area contributed by atoms with Crippen LogP contribution in [-0.2, 0) is 6.73 Å². The topological polar surface area (TPSA) is 156 Å². The molecule has 0 fully saturated rings. The van der Waals surface area contributed by atoms with Gasteiger partial charge in [0, 0.05) is 6.92 Å². The van der Waals surface area contributed by atoms with Crippen molar-refractivity contribution in [3.05, 3.63) is 60.6 Å². The zero-order valence-corrected chi connectivity index (χ0v) is 11.6. The molecule has 0 N–H and O–H groups in total. The fourth-order valence-electron chi connectivity index (χ4n) is 1.76. The molecule has 0 aliphatic rings. The fraction of sp³-hybridized carbons (Fsp3) is 0.182. The van der Waals surface area contributed by atoms with Crippen molar-refractivity contribution in [2.75, 3.05) is 0 Å². The van der Waals surface area contributed by atoms with Crippen molar-refractivity contribution in [3.63, 3.8) is 0 Å². The summed E-state index contributed by atoms with van der Waals surface area (Å²) >= 11 is 0. The largest absolute Gasteiger partial charge is 0.454 e. The van der Waals surface area contributed by atoms with Gasteiger partial charge >= 0.3 is 5.82 Å². The van der Waals surface area contributed by atoms with Crippen LogP contribution in [0.2, 0.25) is 0 Å². The Balaban J connectivity index is 2.30. The number of rotatable bonds is 6. The first kappa shape index (κ1) is 15.8. The summed E-state index contributed by atoms with van der Waals surface area (Å²) in [5.41, 5.74) is -1.04. The van der Waals surface area contributed by atoms with Gasteiger partial charge < -0.3 is 14.9 Å². The van der Waals surface area contributed by atoms with Gasteiger partial charge in [-0.1, -0.05) is 0 Å². The Labute approximate surface area is 127 Å². The fourth-order valence-corrected chi connectivity index (χ4v) is 1.76. The first-order valence-corrected chi connectivity index (χ1v) is 6.03.